The van der Waals surface area contributed by atoms with Gasteiger partial charge in [-0.25, -0.2) is 0 Å². The molecule has 0 aliphatic carbocycles. The zero-order valence-corrected chi connectivity index (χ0v) is 13.8. The Morgan fingerprint density at radius 3 is 2.52 bits per heavy atom. The van der Waals surface area contributed by atoms with Crippen molar-refractivity contribution in [3.63, 3.8) is 0 Å². The summed E-state index contributed by atoms with van der Waals surface area (Å²) in [6.07, 6.45) is 3.09. The number of nitrogens with zero attached hydrogens (tertiary/aromatic N) is 1. The Labute approximate surface area is 138 Å². The van der Waals surface area contributed by atoms with Crippen molar-refractivity contribution in [3.05, 3.63) is 75.4 Å². The van der Waals surface area contributed by atoms with Gasteiger partial charge >= 0.3 is 0 Å². The summed E-state index contributed by atoms with van der Waals surface area (Å²) >= 11 is 2.24. The Kier molecular flexibility index (Phi) is 4.39. The van der Waals surface area contributed by atoms with E-state index in [1.165, 1.54) is 11.1 Å². The van der Waals surface area contributed by atoms with Crippen LogP contribution in [0, 0.1) is 3.57 Å². The normalized spacial score (nSPS) is 14.7. The lowest BCUT2D eigenvalue weighted by molar-refractivity contribution is 0.0773. The summed E-state index contributed by atoms with van der Waals surface area (Å²) in [5.41, 5.74) is 3.37. The third-order valence-corrected chi connectivity index (χ3v) is 4.38. The molecule has 3 rings (SSSR count). The lowest BCUT2D eigenvalue weighted by Gasteiger charge is -2.27. The van der Waals surface area contributed by atoms with E-state index in [1.54, 1.807) is 0 Å². The smallest absolute Gasteiger partial charge is 0.254 e. The van der Waals surface area contributed by atoms with Gasteiger partial charge in [0.05, 0.1) is 0 Å². The summed E-state index contributed by atoms with van der Waals surface area (Å²) in [4.78, 5) is 14.4. The first-order chi connectivity index (χ1) is 10.2. The number of rotatable bonds is 2. The monoisotopic (exact) mass is 389 g/mol. The fourth-order valence-electron chi connectivity index (χ4n) is 2.57. The second kappa shape index (κ2) is 6.43. The highest BCUT2D eigenvalue weighted by Crippen LogP contribution is 2.23. The molecule has 1 aliphatic heterocycles. The van der Waals surface area contributed by atoms with Crippen molar-refractivity contribution in [1.29, 1.82) is 0 Å². The van der Waals surface area contributed by atoms with Gasteiger partial charge in [-0.05, 0) is 58.3 Å². The second-order valence-electron chi connectivity index (χ2n) is 5.11. The lowest BCUT2D eigenvalue weighted by atomic mass is 9.99. The summed E-state index contributed by atoms with van der Waals surface area (Å²) < 4.78 is 1.09. The first-order valence-corrected chi connectivity index (χ1v) is 8.11. The van der Waals surface area contributed by atoms with Crippen LogP contribution in [0.15, 0.2) is 60.7 Å². The number of hydrogen-bond acceptors (Lipinski definition) is 1. The van der Waals surface area contributed by atoms with Crippen molar-refractivity contribution in [2.45, 2.75) is 6.42 Å². The van der Waals surface area contributed by atoms with Crippen LogP contribution >= 0.6 is 22.6 Å². The molecule has 2 aromatic carbocycles. The minimum absolute atomic E-state index is 0.122. The van der Waals surface area contributed by atoms with Crippen molar-refractivity contribution >= 4 is 34.1 Å². The Morgan fingerprint density at radius 1 is 1.05 bits per heavy atom. The van der Waals surface area contributed by atoms with Gasteiger partial charge in [0, 0.05) is 22.2 Å². The Hall–Kier alpha value is -1.62. The molecule has 0 N–H and O–H groups in total. The van der Waals surface area contributed by atoms with Crippen molar-refractivity contribution < 1.29 is 4.79 Å². The van der Waals surface area contributed by atoms with Crippen LogP contribution in [-0.4, -0.2) is 23.9 Å². The van der Waals surface area contributed by atoms with Crippen molar-refractivity contribution in [2.75, 3.05) is 13.1 Å². The van der Waals surface area contributed by atoms with Gasteiger partial charge in [-0.2, -0.15) is 0 Å². The molecule has 0 saturated carbocycles. The van der Waals surface area contributed by atoms with E-state index < -0.39 is 0 Å². The topological polar surface area (TPSA) is 20.3 Å². The van der Waals surface area contributed by atoms with Gasteiger partial charge in [-0.1, -0.05) is 42.5 Å². The predicted molar refractivity (Wildman–Crippen MR) is 94.1 cm³/mol. The van der Waals surface area contributed by atoms with Gasteiger partial charge in [0.1, 0.15) is 0 Å². The maximum absolute atomic E-state index is 12.5. The average molecular weight is 389 g/mol. The molecule has 0 unspecified atom stereocenters. The standard InChI is InChI=1S/C18H16INO/c19-17-8-4-7-16(13-17)18(21)20-11-9-15(10-12-20)14-5-2-1-3-6-14/h1-9,13H,10-12H2. The molecule has 2 aromatic rings. The van der Waals surface area contributed by atoms with Crippen LogP contribution in [0.5, 0.6) is 0 Å². The van der Waals surface area contributed by atoms with E-state index >= 15 is 0 Å². The van der Waals surface area contributed by atoms with Crippen LogP contribution in [-0.2, 0) is 0 Å². The number of halogens is 1. The van der Waals surface area contributed by atoms with Gasteiger partial charge in [-0.3, -0.25) is 4.79 Å². The Bertz CT molecular complexity index is 679. The van der Waals surface area contributed by atoms with Crippen LogP contribution in [0.1, 0.15) is 22.3 Å². The summed E-state index contributed by atoms with van der Waals surface area (Å²) in [5, 5.41) is 0. The summed E-state index contributed by atoms with van der Waals surface area (Å²) in [5.74, 6) is 0.122. The average Bonchev–Trinajstić information content (AvgIpc) is 2.55. The highest BCUT2D eigenvalue weighted by Gasteiger charge is 2.19. The quantitative estimate of drug-likeness (QED) is 0.705. The zero-order valence-electron chi connectivity index (χ0n) is 11.6. The third-order valence-electron chi connectivity index (χ3n) is 3.71. The van der Waals surface area contributed by atoms with E-state index in [0.29, 0.717) is 6.54 Å². The first-order valence-electron chi connectivity index (χ1n) is 7.03. The van der Waals surface area contributed by atoms with E-state index in [4.69, 9.17) is 0 Å². The fourth-order valence-corrected chi connectivity index (χ4v) is 3.12. The van der Waals surface area contributed by atoms with Gasteiger partial charge in [0.2, 0.25) is 0 Å². The molecule has 0 aromatic heterocycles. The van der Waals surface area contributed by atoms with E-state index in [-0.39, 0.29) is 5.91 Å². The van der Waals surface area contributed by atoms with Crippen LogP contribution in [0.2, 0.25) is 0 Å². The zero-order chi connectivity index (χ0) is 14.7. The van der Waals surface area contributed by atoms with E-state index in [1.807, 2.05) is 35.2 Å². The van der Waals surface area contributed by atoms with Crippen molar-refractivity contribution in [3.8, 4) is 0 Å². The SMILES string of the molecule is O=C(c1cccc(I)c1)N1CC=C(c2ccccc2)CC1. The van der Waals surface area contributed by atoms with Gasteiger partial charge in [0.25, 0.3) is 5.91 Å². The molecule has 0 spiro atoms. The number of hydrogen-bond donors (Lipinski definition) is 0. The molecule has 0 fully saturated rings. The minimum atomic E-state index is 0.122. The molecule has 0 saturated heterocycles. The molecule has 106 valence electrons. The highest BCUT2D eigenvalue weighted by molar-refractivity contribution is 14.1. The van der Waals surface area contributed by atoms with Gasteiger partial charge < -0.3 is 4.90 Å². The van der Waals surface area contributed by atoms with Crippen molar-refractivity contribution in [2.24, 2.45) is 0 Å². The maximum atomic E-state index is 12.5. The Morgan fingerprint density at radius 2 is 1.86 bits per heavy atom. The molecular weight excluding hydrogens is 373 g/mol. The van der Waals surface area contributed by atoms with E-state index in [0.717, 1.165) is 22.1 Å². The Balaban J connectivity index is 1.73. The van der Waals surface area contributed by atoms with Crippen LogP contribution in [0.25, 0.3) is 5.57 Å². The number of carbonyl (C=O) groups excluding carboxylic acids is 1. The minimum Gasteiger partial charge on any atom is -0.335 e. The fraction of sp³-hybridized carbons (Fsp3) is 0.167. The summed E-state index contributed by atoms with van der Waals surface area (Å²) in [7, 11) is 0. The summed E-state index contributed by atoms with van der Waals surface area (Å²) in [6, 6.07) is 18.2. The van der Waals surface area contributed by atoms with Crippen LogP contribution < -0.4 is 0 Å². The van der Waals surface area contributed by atoms with Gasteiger partial charge in [0.15, 0.2) is 0 Å². The van der Waals surface area contributed by atoms with Crippen molar-refractivity contribution in [1.82, 2.24) is 4.90 Å². The largest absolute Gasteiger partial charge is 0.335 e. The molecule has 1 aliphatic rings. The second-order valence-corrected chi connectivity index (χ2v) is 6.35. The molecule has 1 amide bonds. The molecule has 1 heterocycles. The maximum Gasteiger partial charge on any atom is 0.254 e. The molecule has 0 bridgehead atoms. The molecule has 21 heavy (non-hydrogen) atoms. The molecule has 2 nitrogen and oxygen atoms in total. The number of carbonyl (C=O) groups is 1. The van der Waals surface area contributed by atoms with Crippen LogP contribution in [0.4, 0.5) is 0 Å². The molecule has 0 atom stereocenters. The molecular formula is C18H16INO. The number of amides is 1. The predicted octanol–water partition coefficient (Wildman–Crippen LogP) is 4.22. The first kappa shape index (κ1) is 14.3. The molecule has 3 heteroatoms. The van der Waals surface area contributed by atoms with Crippen LogP contribution in [0.3, 0.4) is 0 Å². The summed E-state index contributed by atoms with van der Waals surface area (Å²) in [6.45, 7) is 1.47. The van der Waals surface area contributed by atoms with E-state index in [9.17, 15) is 4.79 Å². The third kappa shape index (κ3) is 3.35. The highest BCUT2D eigenvalue weighted by atomic mass is 127. The molecule has 0 radical (unpaired) electrons. The van der Waals surface area contributed by atoms with Gasteiger partial charge in [-0.15, -0.1) is 0 Å². The van der Waals surface area contributed by atoms with E-state index in [2.05, 4.69) is 52.9 Å². The lowest BCUT2D eigenvalue weighted by Crippen LogP contribution is -2.34. The number of benzene rings is 2.